The molecule has 0 spiro atoms. The number of non-ortho nitro benzene ring substituents is 1. The summed E-state index contributed by atoms with van der Waals surface area (Å²) in [5.41, 5.74) is 4.24. The van der Waals surface area contributed by atoms with Gasteiger partial charge in [0.1, 0.15) is 11.1 Å². The number of thioether (sulfide) groups is 1. The number of halogens is 1. The molecule has 9 nitrogen and oxygen atoms in total. The Balaban J connectivity index is 2.03. The van der Waals surface area contributed by atoms with Crippen molar-refractivity contribution in [2.24, 2.45) is 5.10 Å². The van der Waals surface area contributed by atoms with Crippen LogP contribution in [-0.4, -0.2) is 34.9 Å². The van der Waals surface area contributed by atoms with E-state index in [1.807, 2.05) is 0 Å². The minimum atomic E-state index is -0.553. The van der Waals surface area contributed by atoms with Crippen LogP contribution in [0.4, 0.5) is 5.69 Å². The number of aryl methyl sites for hydroxylation is 1. The lowest BCUT2D eigenvalue weighted by Gasteiger charge is -2.09. The van der Waals surface area contributed by atoms with E-state index in [4.69, 9.17) is 16.3 Å². The average molecular weight is 434 g/mol. The van der Waals surface area contributed by atoms with E-state index in [2.05, 4.69) is 21.6 Å². The van der Waals surface area contributed by atoms with Crippen molar-refractivity contribution < 1.29 is 14.5 Å². The number of methoxy groups -OCH3 is 1. The predicted molar refractivity (Wildman–Crippen MR) is 109 cm³/mol. The number of nitrogens with one attached hydrogen (secondary N) is 1. The van der Waals surface area contributed by atoms with Crippen molar-refractivity contribution in [1.29, 1.82) is 5.26 Å². The average Bonchev–Trinajstić information content (AvgIpc) is 2.67. The first-order chi connectivity index (χ1) is 13.8. The van der Waals surface area contributed by atoms with Gasteiger partial charge in [0.05, 0.1) is 29.1 Å². The number of carbonyl (C=O) groups excluding carboxylic acids is 1. The lowest BCUT2D eigenvalue weighted by atomic mass is 10.1. The van der Waals surface area contributed by atoms with E-state index in [1.165, 1.54) is 31.5 Å². The molecule has 0 atom stereocenters. The van der Waals surface area contributed by atoms with Crippen LogP contribution in [0, 0.1) is 28.4 Å². The molecule has 1 N–H and O–H groups in total. The van der Waals surface area contributed by atoms with Crippen molar-refractivity contribution in [1.82, 2.24) is 10.4 Å². The van der Waals surface area contributed by atoms with Crippen molar-refractivity contribution in [3.05, 3.63) is 61.8 Å². The van der Waals surface area contributed by atoms with Crippen LogP contribution in [0.2, 0.25) is 5.02 Å². The van der Waals surface area contributed by atoms with E-state index in [1.54, 1.807) is 13.0 Å². The van der Waals surface area contributed by atoms with Crippen LogP contribution in [0.15, 0.2) is 34.4 Å². The maximum absolute atomic E-state index is 12.0. The highest BCUT2D eigenvalue weighted by Crippen LogP contribution is 2.24. The third kappa shape index (κ3) is 6.25. The van der Waals surface area contributed by atoms with Gasteiger partial charge in [0.25, 0.3) is 5.69 Å². The normalized spacial score (nSPS) is 10.7. The number of carbonyl (C=O) groups is 1. The SMILES string of the molecule is COCc1cc(C)nc(SCC(=O)N/N=C/c2cc([N+](=O)[O-])ccc2Cl)c1C#N. The number of pyridine rings is 1. The number of hydrogen-bond donors (Lipinski definition) is 1. The van der Waals surface area contributed by atoms with Crippen molar-refractivity contribution in [2.45, 2.75) is 18.6 Å². The minimum Gasteiger partial charge on any atom is -0.380 e. The predicted octanol–water partition coefficient (Wildman–Crippen LogP) is 3.21. The molecule has 2 aromatic rings. The molecule has 11 heteroatoms. The van der Waals surface area contributed by atoms with Gasteiger partial charge in [-0.05, 0) is 24.6 Å². The van der Waals surface area contributed by atoms with Crippen LogP contribution in [0.5, 0.6) is 0 Å². The van der Waals surface area contributed by atoms with E-state index < -0.39 is 10.8 Å². The number of rotatable bonds is 8. The molecular weight excluding hydrogens is 418 g/mol. The zero-order valence-electron chi connectivity index (χ0n) is 15.5. The molecule has 0 fully saturated rings. The molecule has 150 valence electrons. The summed E-state index contributed by atoms with van der Waals surface area (Å²) in [5.74, 6) is -0.467. The van der Waals surface area contributed by atoms with Crippen molar-refractivity contribution in [3.8, 4) is 6.07 Å². The van der Waals surface area contributed by atoms with Crippen LogP contribution in [0.25, 0.3) is 0 Å². The second-order valence-corrected chi connectivity index (χ2v) is 7.06. The fourth-order valence-corrected chi connectivity index (χ4v) is 3.32. The highest BCUT2D eigenvalue weighted by atomic mass is 35.5. The summed E-state index contributed by atoms with van der Waals surface area (Å²) in [4.78, 5) is 26.6. The molecule has 29 heavy (non-hydrogen) atoms. The molecule has 1 aromatic carbocycles. The molecular formula is C18H16ClN5O4S. The summed E-state index contributed by atoms with van der Waals surface area (Å²) in [5, 5.41) is 24.7. The lowest BCUT2D eigenvalue weighted by Crippen LogP contribution is -2.20. The maximum atomic E-state index is 12.0. The Morgan fingerprint density at radius 2 is 2.28 bits per heavy atom. The number of amides is 1. The number of hydrogen-bond acceptors (Lipinski definition) is 8. The quantitative estimate of drug-likeness (QED) is 0.292. The zero-order chi connectivity index (χ0) is 21.4. The van der Waals surface area contributed by atoms with Crippen LogP contribution < -0.4 is 5.43 Å². The molecule has 0 bridgehead atoms. The Morgan fingerprint density at radius 1 is 1.52 bits per heavy atom. The smallest absolute Gasteiger partial charge is 0.270 e. The number of aromatic nitrogens is 1. The van der Waals surface area contributed by atoms with E-state index >= 15 is 0 Å². The maximum Gasteiger partial charge on any atom is 0.270 e. The highest BCUT2D eigenvalue weighted by molar-refractivity contribution is 8.00. The molecule has 2 rings (SSSR count). The van der Waals surface area contributed by atoms with Gasteiger partial charge in [-0.15, -0.1) is 0 Å². The van der Waals surface area contributed by atoms with Gasteiger partial charge >= 0.3 is 0 Å². The fourth-order valence-electron chi connectivity index (χ4n) is 2.29. The van der Waals surface area contributed by atoms with E-state index in [-0.39, 0.29) is 23.1 Å². The largest absolute Gasteiger partial charge is 0.380 e. The van der Waals surface area contributed by atoms with Gasteiger partial charge in [-0.1, -0.05) is 23.4 Å². The molecule has 0 unspecified atom stereocenters. The van der Waals surface area contributed by atoms with Crippen LogP contribution in [0.1, 0.15) is 22.4 Å². The summed E-state index contributed by atoms with van der Waals surface area (Å²) < 4.78 is 5.09. The highest BCUT2D eigenvalue weighted by Gasteiger charge is 2.14. The number of nitro groups is 1. The standard InChI is InChI=1S/C18H16ClN5O4S/c1-11-5-13(9-28-2)15(7-20)18(22-11)29-10-17(25)23-21-8-12-6-14(24(26)27)3-4-16(12)19/h3-6,8H,9-10H2,1-2H3,(H,23,25)/b21-8+. The van der Waals surface area contributed by atoms with Crippen molar-refractivity contribution in [2.75, 3.05) is 12.9 Å². The number of hydrazone groups is 1. The molecule has 0 saturated heterocycles. The molecule has 0 aliphatic carbocycles. The van der Waals surface area contributed by atoms with Crippen LogP contribution >= 0.6 is 23.4 Å². The van der Waals surface area contributed by atoms with Gasteiger partial charge in [-0.3, -0.25) is 14.9 Å². The molecule has 1 aromatic heterocycles. The third-order valence-electron chi connectivity index (χ3n) is 3.53. The Bertz CT molecular complexity index is 1010. The molecule has 0 aliphatic heterocycles. The lowest BCUT2D eigenvalue weighted by molar-refractivity contribution is -0.384. The topological polar surface area (TPSA) is 131 Å². The minimum absolute atomic E-state index is 0.0302. The van der Waals surface area contributed by atoms with Crippen molar-refractivity contribution >= 4 is 41.2 Å². The Hall–Kier alpha value is -3.00. The molecule has 0 saturated carbocycles. The monoisotopic (exact) mass is 433 g/mol. The molecule has 1 heterocycles. The molecule has 0 aliphatic rings. The Kier molecular flexibility index (Phi) is 8.09. The number of nitrogens with zero attached hydrogens (tertiary/aromatic N) is 4. The summed E-state index contributed by atoms with van der Waals surface area (Å²) in [7, 11) is 1.53. The first kappa shape index (κ1) is 22.3. The first-order valence-electron chi connectivity index (χ1n) is 8.14. The van der Waals surface area contributed by atoms with Gasteiger partial charge in [0.15, 0.2) is 0 Å². The third-order valence-corrected chi connectivity index (χ3v) is 4.85. The number of nitro benzene ring substituents is 1. The summed E-state index contributed by atoms with van der Waals surface area (Å²) in [6, 6.07) is 7.75. The van der Waals surface area contributed by atoms with Gasteiger partial charge in [0, 0.05) is 35.5 Å². The van der Waals surface area contributed by atoms with Gasteiger partial charge in [-0.2, -0.15) is 10.4 Å². The molecule has 0 radical (unpaired) electrons. The second kappa shape index (κ2) is 10.5. The summed E-state index contributed by atoms with van der Waals surface area (Å²) in [6.45, 7) is 2.05. The summed E-state index contributed by atoms with van der Waals surface area (Å²) in [6.07, 6.45) is 1.22. The van der Waals surface area contributed by atoms with Gasteiger partial charge < -0.3 is 4.74 Å². The van der Waals surface area contributed by atoms with E-state index in [9.17, 15) is 20.2 Å². The zero-order valence-corrected chi connectivity index (χ0v) is 17.1. The second-order valence-electron chi connectivity index (χ2n) is 5.69. The number of ether oxygens (including phenoxy) is 1. The van der Waals surface area contributed by atoms with Crippen LogP contribution in [0.3, 0.4) is 0 Å². The van der Waals surface area contributed by atoms with Gasteiger partial charge in [-0.25, -0.2) is 10.4 Å². The first-order valence-corrected chi connectivity index (χ1v) is 9.50. The Morgan fingerprint density at radius 3 is 2.93 bits per heavy atom. The number of benzene rings is 1. The van der Waals surface area contributed by atoms with Crippen LogP contribution in [-0.2, 0) is 16.1 Å². The fraction of sp³-hybridized carbons (Fsp3) is 0.222. The van der Waals surface area contributed by atoms with E-state index in [0.717, 1.165) is 11.8 Å². The van der Waals surface area contributed by atoms with Crippen molar-refractivity contribution in [3.63, 3.8) is 0 Å². The number of nitriles is 1. The molecule has 1 amide bonds. The summed E-state index contributed by atoms with van der Waals surface area (Å²) >= 11 is 7.07. The van der Waals surface area contributed by atoms with Gasteiger partial charge in [0.2, 0.25) is 5.91 Å². The van der Waals surface area contributed by atoms with E-state index in [0.29, 0.717) is 27.4 Å². The Labute approximate surface area is 175 Å².